The summed E-state index contributed by atoms with van der Waals surface area (Å²) in [6.07, 6.45) is 5.32. The number of rotatable bonds is 5. The van der Waals surface area contributed by atoms with Crippen LogP contribution in [0.1, 0.15) is 22.3 Å². The third-order valence-electron chi connectivity index (χ3n) is 4.39. The van der Waals surface area contributed by atoms with Crippen LogP contribution in [0.4, 0.5) is 5.69 Å². The molecule has 0 fully saturated rings. The van der Waals surface area contributed by atoms with Crippen LogP contribution in [0.5, 0.6) is 0 Å². The Morgan fingerprint density at radius 2 is 1.93 bits per heavy atom. The minimum Gasteiger partial charge on any atom is -0.352 e. The molecule has 1 aliphatic rings. The SMILES string of the molecule is O=C(CCN1C(=O)c2ccccc2Sc2ncccc21)NCc1cccnc1. The maximum Gasteiger partial charge on any atom is 0.259 e. The van der Waals surface area contributed by atoms with Crippen LogP contribution in [-0.2, 0) is 11.3 Å². The molecule has 0 radical (unpaired) electrons. The zero-order valence-electron chi connectivity index (χ0n) is 15.0. The molecule has 3 aromatic rings. The molecule has 3 heterocycles. The van der Waals surface area contributed by atoms with Crippen molar-refractivity contribution in [3.05, 3.63) is 78.2 Å². The van der Waals surface area contributed by atoms with Crippen LogP contribution in [0.2, 0.25) is 0 Å². The van der Waals surface area contributed by atoms with Crippen LogP contribution in [0.15, 0.2) is 77.0 Å². The van der Waals surface area contributed by atoms with Crippen LogP contribution in [-0.4, -0.2) is 28.3 Å². The lowest BCUT2D eigenvalue weighted by atomic mass is 10.1. The van der Waals surface area contributed by atoms with Gasteiger partial charge in [0.15, 0.2) is 0 Å². The smallest absolute Gasteiger partial charge is 0.259 e. The average Bonchev–Trinajstić information content (AvgIpc) is 2.86. The first-order chi connectivity index (χ1) is 13.7. The third-order valence-corrected chi connectivity index (χ3v) is 5.47. The largest absolute Gasteiger partial charge is 0.352 e. The molecular formula is C21H18N4O2S. The number of pyridine rings is 2. The van der Waals surface area contributed by atoms with Gasteiger partial charge in [-0.05, 0) is 35.9 Å². The molecule has 7 heteroatoms. The lowest BCUT2D eigenvalue weighted by Gasteiger charge is -2.22. The summed E-state index contributed by atoms with van der Waals surface area (Å²) in [7, 11) is 0. The standard InChI is InChI=1S/C21H18N4O2S/c26-19(24-14-15-5-3-10-22-13-15)9-12-25-17-7-4-11-23-20(17)28-18-8-2-1-6-16(18)21(25)27/h1-8,10-11,13H,9,12,14H2,(H,24,26). The van der Waals surface area contributed by atoms with Gasteiger partial charge in [0.05, 0.1) is 11.3 Å². The Bertz CT molecular complexity index is 1010. The Kier molecular flexibility index (Phi) is 5.34. The topological polar surface area (TPSA) is 75.2 Å². The molecular weight excluding hydrogens is 372 g/mol. The lowest BCUT2D eigenvalue weighted by molar-refractivity contribution is -0.121. The van der Waals surface area contributed by atoms with E-state index in [1.165, 1.54) is 11.8 Å². The number of anilines is 1. The van der Waals surface area contributed by atoms with Crippen molar-refractivity contribution in [1.82, 2.24) is 15.3 Å². The highest BCUT2D eigenvalue weighted by atomic mass is 32.2. The Labute approximate surface area is 167 Å². The van der Waals surface area contributed by atoms with Crippen molar-refractivity contribution in [2.45, 2.75) is 22.9 Å². The van der Waals surface area contributed by atoms with Crippen LogP contribution >= 0.6 is 11.8 Å². The number of hydrogen-bond acceptors (Lipinski definition) is 5. The maximum atomic E-state index is 13.1. The third kappa shape index (κ3) is 3.89. The number of nitrogens with zero attached hydrogens (tertiary/aromatic N) is 3. The fraction of sp³-hybridized carbons (Fsp3) is 0.143. The summed E-state index contributed by atoms with van der Waals surface area (Å²) < 4.78 is 0. The van der Waals surface area contributed by atoms with E-state index >= 15 is 0 Å². The van der Waals surface area contributed by atoms with Crippen molar-refractivity contribution in [1.29, 1.82) is 0 Å². The van der Waals surface area contributed by atoms with Crippen LogP contribution in [0, 0.1) is 0 Å². The molecule has 0 bridgehead atoms. The second-order valence-electron chi connectivity index (χ2n) is 6.27. The van der Waals surface area contributed by atoms with Gasteiger partial charge in [-0.2, -0.15) is 0 Å². The summed E-state index contributed by atoms with van der Waals surface area (Å²) >= 11 is 1.47. The number of fused-ring (bicyclic) bond motifs is 2. The fourth-order valence-corrected chi connectivity index (χ4v) is 4.00. The van der Waals surface area contributed by atoms with E-state index in [-0.39, 0.29) is 24.8 Å². The predicted octanol–water partition coefficient (Wildman–Crippen LogP) is 3.29. The van der Waals surface area contributed by atoms with Crippen molar-refractivity contribution < 1.29 is 9.59 Å². The molecule has 0 aliphatic carbocycles. The molecule has 0 spiro atoms. The van der Waals surface area contributed by atoms with Crippen LogP contribution in [0.3, 0.4) is 0 Å². The number of benzene rings is 1. The van der Waals surface area contributed by atoms with Crippen molar-refractivity contribution in [3.8, 4) is 0 Å². The van der Waals surface area contributed by atoms with Crippen molar-refractivity contribution in [2.24, 2.45) is 0 Å². The first-order valence-electron chi connectivity index (χ1n) is 8.92. The molecule has 28 heavy (non-hydrogen) atoms. The van der Waals surface area contributed by atoms with Gasteiger partial charge in [0, 0.05) is 43.0 Å². The number of carbonyl (C=O) groups is 2. The molecule has 4 rings (SSSR count). The molecule has 0 unspecified atom stereocenters. The molecule has 2 aromatic heterocycles. The Balaban J connectivity index is 1.50. The summed E-state index contributed by atoms with van der Waals surface area (Å²) in [5.74, 6) is -0.234. The number of hydrogen-bond donors (Lipinski definition) is 1. The number of nitrogens with one attached hydrogen (secondary N) is 1. The molecule has 0 atom stereocenters. The number of amides is 2. The Hall–Kier alpha value is -3.19. The summed E-state index contributed by atoms with van der Waals surface area (Å²) in [4.78, 5) is 36.4. The first-order valence-corrected chi connectivity index (χ1v) is 9.73. The van der Waals surface area contributed by atoms with Gasteiger partial charge >= 0.3 is 0 Å². The molecule has 1 aromatic carbocycles. The maximum absolute atomic E-state index is 13.1. The van der Waals surface area contributed by atoms with Crippen molar-refractivity contribution in [2.75, 3.05) is 11.4 Å². The molecule has 2 amide bonds. The molecule has 1 aliphatic heterocycles. The lowest BCUT2D eigenvalue weighted by Crippen LogP contribution is -2.35. The summed E-state index contributed by atoms with van der Waals surface area (Å²) in [5, 5.41) is 3.64. The number of aromatic nitrogens is 2. The van der Waals surface area contributed by atoms with Crippen LogP contribution in [0.25, 0.3) is 0 Å². The molecule has 1 N–H and O–H groups in total. The van der Waals surface area contributed by atoms with Gasteiger partial charge in [0.25, 0.3) is 5.91 Å². The predicted molar refractivity (Wildman–Crippen MR) is 107 cm³/mol. The quantitative estimate of drug-likeness (QED) is 0.724. The average molecular weight is 390 g/mol. The van der Waals surface area contributed by atoms with Crippen molar-refractivity contribution >= 4 is 29.3 Å². The number of carbonyl (C=O) groups excluding carboxylic acids is 2. The molecule has 6 nitrogen and oxygen atoms in total. The summed E-state index contributed by atoms with van der Waals surface area (Å²) in [5.41, 5.74) is 2.29. The van der Waals surface area contributed by atoms with Gasteiger partial charge in [-0.25, -0.2) is 4.98 Å². The highest BCUT2D eigenvalue weighted by Gasteiger charge is 2.27. The highest BCUT2D eigenvalue weighted by molar-refractivity contribution is 7.99. The van der Waals surface area contributed by atoms with Gasteiger partial charge < -0.3 is 10.2 Å². The van der Waals surface area contributed by atoms with Gasteiger partial charge in [0.1, 0.15) is 5.03 Å². The summed E-state index contributed by atoms with van der Waals surface area (Å²) in [6, 6.07) is 14.9. The van der Waals surface area contributed by atoms with Gasteiger partial charge in [-0.3, -0.25) is 14.6 Å². The minimum absolute atomic E-state index is 0.116. The second-order valence-corrected chi connectivity index (χ2v) is 7.30. The van der Waals surface area contributed by atoms with E-state index in [9.17, 15) is 9.59 Å². The zero-order valence-corrected chi connectivity index (χ0v) is 15.9. The second kappa shape index (κ2) is 8.22. The van der Waals surface area contributed by atoms with Gasteiger partial charge in [0.2, 0.25) is 5.91 Å². The first kappa shape index (κ1) is 18.2. The van der Waals surface area contributed by atoms with E-state index in [1.807, 2.05) is 42.5 Å². The van der Waals surface area contributed by atoms with Crippen molar-refractivity contribution in [3.63, 3.8) is 0 Å². The van der Waals surface area contributed by atoms with E-state index in [0.29, 0.717) is 12.1 Å². The van der Waals surface area contributed by atoms with Gasteiger partial charge in [-0.15, -0.1) is 0 Å². The van der Waals surface area contributed by atoms with E-state index in [0.717, 1.165) is 21.2 Å². The monoisotopic (exact) mass is 390 g/mol. The van der Waals surface area contributed by atoms with E-state index in [4.69, 9.17) is 0 Å². The zero-order chi connectivity index (χ0) is 19.3. The highest BCUT2D eigenvalue weighted by Crippen LogP contribution is 2.39. The van der Waals surface area contributed by atoms with E-state index < -0.39 is 0 Å². The Morgan fingerprint density at radius 1 is 1.07 bits per heavy atom. The van der Waals surface area contributed by atoms with E-state index in [2.05, 4.69) is 15.3 Å². The summed E-state index contributed by atoms with van der Waals surface area (Å²) in [6.45, 7) is 0.697. The van der Waals surface area contributed by atoms with Gasteiger partial charge in [-0.1, -0.05) is 30.0 Å². The Morgan fingerprint density at radius 3 is 2.79 bits per heavy atom. The fourth-order valence-electron chi connectivity index (χ4n) is 2.98. The molecule has 0 saturated heterocycles. The minimum atomic E-state index is -0.118. The normalized spacial score (nSPS) is 12.7. The molecule has 140 valence electrons. The molecule has 0 saturated carbocycles. The van der Waals surface area contributed by atoms with Crippen LogP contribution < -0.4 is 10.2 Å². The van der Waals surface area contributed by atoms with E-state index in [1.54, 1.807) is 29.6 Å².